The number of benzene rings is 2. The first-order chi connectivity index (χ1) is 13.4. The molecule has 0 saturated carbocycles. The number of amides is 1. The van der Waals surface area contributed by atoms with E-state index in [1.54, 1.807) is 0 Å². The minimum absolute atomic E-state index is 0.168. The summed E-state index contributed by atoms with van der Waals surface area (Å²) in [4.78, 5) is 12.2. The molecule has 0 unspecified atom stereocenters. The number of rotatable bonds is 7. The largest absolute Gasteiger partial charge is 0.324 e. The second-order valence-corrected chi connectivity index (χ2v) is 8.19. The van der Waals surface area contributed by atoms with Crippen molar-refractivity contribution in [2.45, 2.75) is 18.0 Å². The Bertz CT molecular complexity index is 979. The fourth-order valence-electron chi connectivity index (χ4n) is 2.52. The normalized spacial score (nSPS) is 10.9. The molecule has 0 aliphatic rings. The van der Waals surface area contributed by atoms with Gasteiger partial charge in [-0.3, -0.25) is 4.79 Å². The monoisotopic (exact) mass is 454 g/mol. The molecular weight excluding hydrogens is 439 g/mol. The van der Waals surface area contributed by atoms with Crippen molar-refractivity contribution < 1.29 is 4.79 Å². The third kappa shape index (κ3) is 5.41. The Kier molecular flexibility index (Phi) is 7.24. The molecule has 3 aromatic rings. The summed E-state index contributed by atoms with van der Waals surface area (Å²) in [7, 11) is 1.90. The standard InChI is InChI=1S/C19H17Cl3N4OS/c1-26-17(8-7-12-5-3-2-4-6-12)24-25-19(26)28-11-18(27)23-16-10-14(21)13(20)9-15(16)22/h2-6,9-10H,7-8,11H2,1H3,(H,23,27). The van der Waals surface area contributed by atoms with Crippen molar-refractivity contribution >= 4 is 58.2 Å². The first-order valence-electron chi connectivity index (χ1n) is 8.43. The van der Waals surface area contributed by atoms with Crippen LogP contribution in [0.4, 0.5) is 5.69 Å². The molecule has 1 N–H and O–H groups in total. The van der Waals surface area contributed by atoms with E-state index in [1.165, 1.54) is 29.5 Å². The van der Waals surface area contributed by atoms with Crippen LogP contribution in [0.3, 0.4) is 0 Å². The first-order valence-corrected chi connectivity index (χ1v) is 10.6. The number of nitrogens with one attached hydrogen (secondary N) is 1. The fourth-order valence-corrected chi connectivity index (χ4v) is 3.85. The highest BCUT2D eigenvalue weighted by molar-refractivity contribution is 7.99. The predicted octanol–water partition coefficient (Wildman–Crippen LogP) is 5.29. The highest BCUT2D eigenvalue weighted by Gasteiger charge is 2.13. The zero-order valence-electron chi connectivity index (χ0n) is 15.0. The maximum absolute atomic E-state index is 12.2. The van der Waals surface area contributed by atoms with E-state index in [9.17, 15) is 4.79 Å². The van der Waals surface area contributed by atoms with Crippen molar-refractivity contribution in [3.8, 4) is 0 Å². The second-order valence-electron chi connectivity index (χ2n) is 6.03. The van der Waals surface area contributed by atoms with Crippen LogP contribution in [-0.2, 0) is 24.7 Å². The molecule has 0 saturated heterocycles. The van der Waals surface area contributed by atoms with Gasteiger partial charge in [-0.2, -0.15) is 0 Å². The number of hydrogen-bond acceptors (Lipinski definition) is 4. The van der Waals surface area contributed by atoms with Crippen LogP contribution in [0, 0.1) is 0 Å². The van der Waals surface area contributed by atoms with Crippen LogP contribution in [0.15, 0.2) is 47.6 Å². The van der Waals surface area contributed by atoms with Gasteiger partial charge in [0, 0.05) is 13.5 Å². The molecule has 28 heavy (non-hydrogen) atoms. The van der Waals surface area contributed by atoms with Crippen molar-refractivity contribution in [2.24, 2.45) is 7.05 Å². The summed E-state index contributed by atoms with van der Waals surface area (Å²) < 4.78 is 1.91. The molecule has 3 rings (SSSR count). The van der Waals surface area contributed by atoms with Gasteiger partial charge < -0.3 is 9.88 Å². The third-order valence-electron chi connectivity index (χ3n) is 4.02. The lowest BCUT2D eigenvalue weighted by molar-refractivity contribution is -0.113. The Morgan fingerprint density at radius 3 is 2.50 bits per heavy atom. The van der Waals surface area contributed by atoms with Crippen LogP contribution in [0.25, 0.3) is 0 Å². The Morgan fingerprint density at radius 2 is 1.75 bits per heavy atom. The van der Waals surface area contributed by atoms with Crippen molar-refractivity contribution in [2.75, 3.05) is 11.1 Å². The number of carbonyl (C=O) groups is 1. The number of hydrogen-bond donors (Lipinski definition) is 1. The maximum Gasteiger partial charge on any atom is 0.234 e. The average Bonchev–Trinajstić information content (AvgIpc) is 3.03. The SMILES string of the molecule is Cn1c(CCc2ccccc2)nnc1SCC(=O)Nc1cc(Cl)c(Cl)cc1Cl. The lowest BCUT2D eigenvalue weighted by Crippen LogP contribution is -2.15. The molecule has 5 nitrogen and oxygen atoms in total. The lowest BCUT2D eigenvalue weighted by Gasteiger charge is -2.08. The molecule has 0 aliphatic carbocycles. The summed E-state index contributed by atoms with van der Waals surface area (Å²) in [6.07, 6.45) is 1.66. The number of halogens is 3. The Balaban J connectivity index is 1.55. The van der Waals surface area contributed by atoms with Crippen LogP contribution < -0.4 is 5.32 Å². The average molecular weight is 456 g/mol. The molecule has 0 spiro atoms. The van der Waals surface area contributed by atoms with Gasteiger partial charge in [0.2, 0.25) is 5.91 Å². The molecule has 1 amide bonds. The van der Waals surface area contributed by atoms with E-state index in [0.29, 0.717) is 25.9 Å². The van der Waals surface area contributed by atoms with Gasteiger partial charge >= 0.3 is 0 Å². The molecule has 0 bridgehead atoms. The Labute approximate surface area is 182 Å². The number of nitrogens with zero attached hydrogens (tertiary/aromatic N) is 3. The van der Waals surface area contributed by atoms with E-state index >= 15 is 0 Å². The van der Waals surface area contributed by atoms with E-state index in [1.807, 2.05) is 29.8 Å². The Morgan fingerprint density at radius 1 is 1.04 bits per heavy atom. The van der Waals surface area contributed by atoms with Crippen LogP contribution >= 0.6 is 46.6 Å². The van der Waals surface area contributed by atoms with Gasteiger partial charge in [0.05, 0.1) is 26.5 Å². The van der Waals surface area contributed by atoms with Crippen molar-refractivity contribution in [1.82, 2.24) is 14.8 Å². The summed E-state index contributed by atoms with van der Waals surface area (Å²) in [6, 6.07) is 13.2. The van der Waals surface area contributed by atoms with Gasteiger partial charge in [-0.25, -0.2) is 0 Å². The molecular formula is C19H17Cl3N4OS. The predicted molar refractivity (Wildman–Crippen MR) is 116 cm³/mol. The molecule has 1 heterocycles. The van der Waals surface area contributed by atoms with Gasteiger partial charge in [-0.05, 0) is 24.1 Å². The van der Waals surface area contributed by atoms with E-state index in [2.05, 4.69) is 27.6 Å². The van der Waals surface area contributed by atoms with E-state index < -0.39 is 0 Å². The quantitative estimate of drug-likeness (QED) is 0.388. The van der Waals surface area contributed by atoms with E-state index in [0.717, 1.165) is 18.7 Å². The van der Waals surface area contributed by atoms with Crippen LogP contribution in [0.1, 0.15) is 11.4 Å². The van der Waals surface area contributed by atoms with Crippen LogP contribution in [-0.4, -0.2) is 26.4 Å². The summed E-state index contributed by atoms with van der Waals surface area (Å²) in [5, 5.41) is 12.8. The maximum atomic E-state index is 12.2. The molecule has 146 valence electrons. The molecule has 1 aromatic heterocycles. The summed E-state index contributed by atoms with van der Waals surface area (Å²) in [5.74, 6) is 0.819. The number of aromatic nitrogens is 3. The molecule has 9 heteroatoms. The highest BCUT2D eigenvalue weighted by atomic mass is 35.5. The molecule has 0 radical (unpaired) electrons. The number of thioether (sulfide) groups is 1. The number of carbonyl (C=O) groups excluding carboxylic acids is 1. The zero-order chi connectivity index (χ0) is 20.1. The van der Waals surface area contributed by atoms with Crippen molar-refractivity contribution in [3.05, 3.63) is 68.9 Å². The lowest BCUT2D eigenvalue weighted by atomic mass is 10.1. The van der Waals surface area contributed by atoms with Gasteiger partial charge in [-0.1, -0.05) is 76.9 Å². The third-order valence-corrected chi connectivity index (χ3v) is 6.08. The Hall–Kier alpha value is -1.73. The topological polar surface area (TPSA) is 59.8 Å². The van der Waals surface area contributed by atoms with Gasteiger partial charge in [0.25, 0.3) is 0 Å². The van der Waals surface area contributed by atoms with Gasteiger partial charge in [0.15, 0.2) is 5.16 Å². The summed E-state index contributed by atoms with van der Waals surface area (Å²) in [5.41, 5.74) is 1.67. The smallest absolute Gasteiger partial charge is 0.234 e. The van der Waals surface area contributed by atoms with E-state index in [4.69, 9.17) is 34.8 Å². The number of aryl methyl sites for hydroxylation is 2. The summed E-state index contributed by atoms with van der Waals surface area (Å²) >= 11 is 19.3. The first kappa shape index (κ1) is 21.0. The van der Waals surface area contributed by atoms with Crippen LogP contribution in [0.2, 0.25) is 15.1 Å². The number of anilines is 1. The van der Waals surface area contributed by atoms with Crippen molar-refractivity contribution in [3.63, 3.8) is 0 Å². The molecule has 2 aromatic carbocycles. The molecule has 0 aliphatic heterocycles. The highest BCUT2D eigenvalue weighted by Crippen LogP contribution is 2.32. The van der Waals surface area contributed by atoms with Gasteiger partial charge in [0.1, 0.15) is 5.82 Å². The molecule has 0 atom stereocenters. The zero-order valence-corrected chi connectivity index (χ0v) is 18.0. The fraction of sp³-hybridized carbons (Fsp3) is 0.211. The van der Waals surface area contributed by atoms with Crippen LogP contribution in [0.5, 0.6) is 0 Å². The minimum Gasteiger partial charge on any atom is -0.324 e. The van der Waals surface area contributed by atoms with E-state index in [-0.39, 0.29) is 11.7 Å². The molecule has 0 fully saturated rings. The second kappa shape index (κ2) is 9.65. The van der Waals surface area contributed by atoms with Gasteiger partial charge in [-0.15, -0.1) is 10.2 Å². The van der Waals surface area contributed by atoms with Crippen molar-refractivity contribution in [1.29, 1.82) is 0 Å². The summed E-state index contributed by atoms with van der Waals surface area (Å²) in [6.45, 7) is 0. The minimum atomic E-state index is -0.223.